The maximum atomic E-state index is 6.05. The minimum Gasteiger partial charge on any atom is -0.104 e. The molecule has 0 aromatic heterocycles. The molecule has 0 amide bonds. The van der Waals surface area contributed by atoms with Gasteiger partial charge in [-0.15, -0.1) is 23.2 Å². The van der Waals surface area contributed by atoms with Gasteiger partial charge >= 0.3 is 0 Å². The summed E-state index contributed by atoms with van der Waals surface area (Å²) in [6.07, 6.45) is 3.38. The highest BCUT2D eigenvalue weighted by molar-refractivity contribution is 6.45. The number of benzene rings is 1. The molecule has 0 fully saturated rings. The summed E-state index contributed by atoms with van der Waals surface area (Å²) in [5.74, 6) is -0.270. The molecule has 0 aliphatic carbocycles. The third-order valence-electron chi connectivity index (χ3n) is 2.43. The average molecular weight is 322 g/mol. The molecule has 1 unspecified atom stereocenters. The Hall–Kier alpha value is -0.400. The SMILES string of the molecule is C=C/C=C(\C(=C)Cl)C(c1ccc(Cl)cc1)C(Cl)Cl. The van der Waals surface area contributed by atoms with E-state index < -0.39 is 4.84 Å². The van der Waals surface area contributed by atoms with E-state index in [4.69, 9.17) is 46.4 Å². The van der Waals surface area contributed by atoms with Crippen molar-refractivity contribution >= 4 is 46.4 Å². The molecule has 1 aromatic carbocycles. The Morgan fingerprint density at radius 3 is 2.11 bits per heavy atom. The summed E-state index contributed by atoms with van der Waals surface area (Å²) >= 11 is 23.9. The first-order valence-corrected chi connectivity index (χ1v) is 6.81. The number of alkyl halides is 2. The van der Waals surface area contributed by atoms with Crippen LogP contribution in [0.15, 0.2) is 60.2 Å². The lowest BCUT2D eigenvalue weighted by Gasteiger charge is -2.21. The number of halogens is 4. The molecule has 0 nitrogen and oxygen atoms in total. The molecule has 0 aliphatic heterocycles. The fraction of sp³-hybridized carbons (Fsp3) is 0.143. The van der Waals surface area contributed by atoms with Crippen LogP contribution in [0.1, 0.15) is 11.5 Å². The lowest BCUT2D eigenvalue weighted by atomic mass is 9.92. The number of hydrogen-bond acceptors (Lipinski definition) is 0. The molecule has 4 heteroatoms. The van der Waals surface area contributed by atoms with Gasteiger partial charge in [-0.25, -0.2) is 0 Å². The fourth-order valence-corrected chi connectivity index (χ4v) is 2.49. The second kappa shape index (κ2) is 7.25. The van der Waals surface area contributed by atoms with Gasteiger partial charge in [0.15, 0.2) is 0 Å². The van der Waals surface area contributed by atoms with Gasteiger partial charge in [0.1, 0.15) is 4.84 Å². The maximum absolute atomic E-state index is 6.05. The summed E-state index contributed by atoms with van der Waals surface area (Å²) in [7, 11) is 0. The fourth-order valence-electron chi connectivity index (χ4n) is 1.62. The highest BCUT2D eigenvalue weighted by atomic mass is 35.5. The Balaban J connectivity index is 3.24. The molecule has 0 heterocycles. The summed E-state index contributed by atoms with van der Waals surface area (Å²) in [6, 6.07) is 7.29. The van der Waals surface area contributed by atoms with Crippen LogP contribution in [0.5, 0.6) is 0 Å². The Bertz CT molecular complexity index is 457. The molecule has 0 N–H and O–H groups in total. The van der Waals surface area contributed by atoms with Crippen molar-refractivity contribution in [2.45, 2.75) is 10.8 Å². The van der Waals surface area contributed by atoms with Gasteiger partial charge < -0.3 is 0 Å². The molecular formula is C14H12Cl4. The van der Waals surface area contributed by atoms with Gasteiger partial charge in [0, 0.05) is 16.0 Å². The summed E-state index contributed by atoms with van der Waals surface area (Å²) in [6.45, 7) is 7.38. The van der Waals surface area contributed by atoms with Crippen molar-refractivity contribution in [3.63, 3.8) is 0 Å². The highest BCUT2D eigenvalue weighted by Crippen LogP contribution is 2.38. The van der Waals surface area contributed by atoms with Crippen molar-refractivity contribution in [1.82, 2.24) is 0 Å². The van der Waals surface area contributed by atoms with Crippen LogP contribution in [-0.2, 0) is 0 Å². The molecule has 0 bridgehead atoms. The molecule has 0 radical (unpaired) electrons. The number of hydrogen-bond donors (Lipinski definition) is 0. The van der Waals surface area contributed by atoms with E-state index in [1.165, 1.54) is 0 Å². The lowest BCUT2D eigenvalue weighted by Crippen LogP contribution is -2.10. The molecule has 96 valence electrons. The molecule has 0 spiro atoms. The van der Waals surface area contributed by atoms with E-state index in [0.717, 1.165) is 11.1 Å². The first-order chi connectivity index (χ1) is 8.47. The minimum atomic E-state index is -0.645. The Labute approximate surface area is 127 Å². The van der Waals surface area contributed by atoms with Crippen LogP contribution < -0.4 is 0 Å². The molecule has 0 saturated heterocycles. The summed E-state index contributed by atoms with van der Waals surface area (Å²) < 4.78 is 0. The van der Waals surface area contributed by atoms with Gasteiger partial charge in [-0.3, -0.25) is 0 Å². The predicted molar refractivity (Wildman–Crippen MR) is 83.0 cm³/mol. The second-order valence-electron chi connectivity index (χ2n) is 3.63. The van der Waals surface area contributed by atoms with Crippen molar-refractivity contribution < 1.29 is 0 Å². The normalized spacial score (nSPS) is 13.5. The average Bonchev–Trinajstić information content (AvgIpc) is 2.30. The monoisotopic (exact) mass is 320 g/mol. The molecule has 1 atom stereocenters. The topological polar surface area (TPSA) is 0 Å². The van der Waals surface area contributed by atoms with Gasteiger partial charge in [-0.1, -0.05) is 60.6 Å². The van der Waals surface area contributed by atoms with Gasteiger partial charge in [0.2, 0.25) is 0 Å². The van der Waals surface area contributed by atoms with Crippen LogP contribution >= 0.6 is 46.4 Å². The van der Waals surface area contributed by atoms with Crippen molar-refractivity contribution in [3.8, 4) is 0 Å². The summed E-state index contributed by atoms with van der Waals surface area (Å²) in [4.78, 5) is -0.645. The zero-order valence-corrected chi connectivity index (χ0v) is 12.6. The van der Waals surface area contributed by atoms with E-state index in [9.17, 15) is 0 Å². The van der Waals surface area contributed by atoms with Crippen LogP contribution in [0.4, 0.5) is 0 Å². The predicted octanol–water partition coefficient (Wildman–Crippen LogP) is 6.09. The van der Waals surface area contributed by atoms with Crippen LogP contribution in [0.25, 0.3) is 0 Å². The van der Waals surface area contributed by atoms with E-state index in [2.05, 4.69) is 13.2 Å². The molecule has 0 aliphatic rings. The number of rotatable bonds is 5. The third kappa shape index (κ3) is 4.07. The highest BCUT2D eigenvalue weighted by Gasteiger charge is 2.24. The van der Waals surface area contributed by atoms with Crippen molar-refractivity contribution in [2.24, 2.45) is 0 Å². The number of allylic oxidation sites excluding steroid dienone is 4. The zero-order valence-electron chi connectivity index (χ0n) is 9.54. The molecule has 18 heavy (non-hydrogen) atoms. The van der Waals surface area contributed by atoms with Gasteiger partial charge in [0.05, 0.1) is 0 Å². The lowest BCUT2D eigenvalue weighted by molar-refractivity contribution is 0.882. The van der Waals surface area contributed by atoms with Crippen molar-refractivity contribution in [2.75, 3.05) is 0 Å². The smallest absolute Gasteiger partial charge is 0.104 e. The molecular weight excluding hydrogens is 310 g/mol. The first-order valence-electron chi connectivity index (χ1n) is 5.18. The van der Waals surface area contributed by atoms with E-state index >= 15 is 0 Å². The largest absolute Gasteiger partial charge is 0.118 e. The van der Waals surface area contributed by atoms with Crippen LogP contribution in [0.2, 0.25) is 5.02 Å². The van der Waals surface area contributed by atoms with Crippen molar-refractivity contribution in [1.29, 1.82) is 0 Å². The van der Waals surface area contributed by atoms with Crippen molar-refractivity contribution in [3.05, 3.63) is 70.8 Å². The molecule has 1 rings (SSSR count). The quantitative estimate of drug-likeness (QED) is 0.454. The standard InChI is InChI=1S/C14H12Cl4/c1-3-4-12(9(2)15)13(14(17)18)10-5-7-11(16)8-6-10/h3-8,13-14H,1-2H2/b12-4+. The Morgan fingerprint density at radius 2 is 1.72 bits per heavy atom. The van der Waals surface area contributed by atoms with E-state index in [0.29, 0.717) is 10.1 Å². The molecule has 0 saturated carbocycles. The summed E-state index contributed by atoms with van der Waals surface area (Å²) in [5.41, 5.74) is 1.66. The first kappa shape index (κ1) is 15.7. The van der Waals surface area contributed by atoms with Gasteiger partial charge in [-0.05, 0) is 23.3 Å². The van der Waals surface area contributed by atoms with Crippen LogP contribution in [0, 0.1) is 0 Å². The minimum absolute atomic E-state index is 0.270. The molecule has 1 aromatic rings. The summed E-state index contributed by atoms with van der Waals surface area (Å²) in [5, 5.41) is 1.04. The van der Waals surface area contributed by atoms with E-state index in [1.54, 1.807) is 24.3 Å². The van der Waals surface area contributed by atoms with Gasteiger partial charge in [-0.2, -0.15) is 0 Å². The Morgan fingerprint density at radius 1 is 1.17 bits per heavy atom. The third-order valence-corrected chi connectivity index (χ3v) is 3.40. The van der Waals surface area contributed by atoms with Crippen LogP contribution in [0.3, 0.4) is 0 Å². The van der Waals surface area contributed by atoms with E-state index in [1.807, 2.05) is 12.1 Å². The van der Waals surface area contributed by atoms with E-state index in [-0.39, 0.29) is 5.92 Å². The maximum Gasteiger partial charge on any atom is 0.118 e. The zero-order chi connectivity index (χ0) is 13.7. The van der Waals surface area contributed by atoms with Crippen LogP contribution in [-0.4, -0.2) is 4.84 Å². The Kier molecular flexibility index (Phi) is 6.31. The van der Waals surface area contributed by atoms with Gasteiger partial charge in [0.25, 0.3) is 0 Å². The second-order valence-corrected chi connectivity index (χ2v) is 5.68.